The van der Waals surface area contributed by atoms with Gasteiger partial charge < -0.3 is 19.8 Å². The molecule has 0 aliphatic carbocycles. The van der Waals surface area contributed by atoms with Crippen molar-refractivity contribution in [1.82, 2.24) is 0 Å². The SMILES string of the molecule is Cc1cccc(C(C)C)c1NC(=O)COC(=O)c1ccccc1NCc1ccco1. The molecule has 6 nitrogen and oxygen atoms in total. The van der Waals surface area contributed by atoms with E-state index in [0.717, 1.165) is 22.6 Å². The van der Waals surface area contributed by atoms with Gasteiger partial charge in [0, 0.05) is 11.4 Å². The van der Waals surface area contributed by atoms with Crippen LogP contribution >= 0.6 is 0 Å². The number of nitrogens with one attached hydrogen (secondary N) is 2. The van der Waals surface area contributed by atoms with Crippen molar-refractivity contribution in [3.05, 3.63) is 83.3 Å². The van der Waals surface area contributed by atoms with Crippen LogP contribution in [0.5, 0.6) is 0 Å². The molecule has 0 aliphatic rings. The van der Waals surface area contributed by atoms with Gasteiger partial charge in [0.1, 0.15) is 5.76 Å². The van der Waals surface area contributed by atoms with E-state index in [2.05, 4.69) is 24.5 Å². The molecule has 1 amide bonds. The van der Waals surface area contributed by atoms with E-state index >= 15 is 0 Å². The van der Waals surface area contributed by atoms with E-state index < -0.39 is 5.97 Å². The van der Waals surface area contributed by atoms with E-state index in [0.29, 0.717) is 17.8 Å². The Morgan fingerprint density at radius 3 is 2.57 bits per heavy atom. The molecule has 30 heavy (non-hydrogen) atoms. The molecule has 0 saturated carbocycles. The monoisotopic (exact) mass is 406 g/mol. The molecule has 3 rings (SSSR count). The summed E-state index contributed by atoms with van der Waals surface area (Å²) in [5.74, 6) is 0.0636. The Hall–Kier alpha value is -3.54. The lowest BCUT2D eigenvalue weighted by molar-refractivity contribution is -0.119. The lowest BCUT2D eigenvalue weighted by atomic mass is 9.98. The molecule has 6 heteroatoms. The molecule has 1 aromatic heterocycles. The first-order valence-electron chi connectivity index (χ1n) is 9.87. The number of furan rings is 1. The van der Waals surface area contributed by atoms with Crippen molar-refractivity contribution in [3.63, 3.8) is 0 Å². The van der Waals surface area contributed by atoms with Crippen molar-refractivity contribution in [2.24, 2.45) is 0 Å². The fourth-order valence-corrected chi connectivity index (χ4v) is 3.14. The number of benzene rings is 2. The van der Waals surface area contributed by atoms with Gasteiger partial charge in [-0.15, -0.1) is 0 Å². The summed E-state index contributed by atoms with van der Waals surface area (Å²) >= 11 is 0. The molecule has 0 spiro atoms. The Morgan fingerprint density at radius 2 is 1.83 bits per heavy atom. The number of rotatable bonds is 8. The molecule has 0 atom stereocenters. The summed E-state index contributed by atoms with van der Waals surface area (Å²) < 4.78 is 10.6. The highest BCUT2D eigenvalue weighted by atomic mass is 16.5. The molecule has 0 fully saturated rings. The van der Waals surface area contributed by atoms with Crippen LogP contribution in [0.3, 0.4) is 0 Å². The molecule has 0 unspecified atom stereocenters. The average Bonchev–Trinajstić information content (AvgIpc) is 3.25. The number of ether oxygens (including phenoxy) is 1. The molecule has 2 N–H and O–H groups in total. The summed E-state index contributed by atoms with van der Waals surface area (Å²) in [5, 5.41) is 6.04. The van der Waals surface area contributed by atoms with E-state index in [9.17, 15) is 9.59 Å². The maximum atomic E-state index is 12.6. The number of carbonyl (C=O) groups is 2. The van der Waals surface area contributed by atoms with Gasteiger partial charge in [0.25, 0.3) is 5.91 Å². The Bertz CT molecular complexity index is 1010. The molecule has 0 saturated heterocycles. The average molecular weight is 406 g/mol. The largest absolute Gasteiger partial charge is 0.467 e. The minimum absolute atomic E-state index is 0.259. The van der Waals surface area contributed by atoms with Gasteiger partial charge in [-0.3, -0.25) is 4.79 Å². The fourth-order valence-electron chi connectivity index (χ4n) is 3.14. The van der Waals surface area contributed by atoms with Crippen LogP contribution in [-0.4, -0.2) is 18.5 Å². The first kappa shape index (κ1) is 21.2. The highest BCUT2D eigenvalue weighted by molar-refractivity contribution is 5.99. The van der Waals surface area contributed by atoms with E-state index in [1.54, 1.807) is 30.5 Å². The minimum atomic E-state index is -0.568. The minimum Gasteiger partial charge on any atom is -0.467 e. The second-order valence-electron chi connectivity index (χ2n) is 7.30. The molecule has 2 aromatic carbocycles. The van der Waals surface area contributed by atoms with Gasteiger partial charge in [-0.1, -0.05) is 44.2 Å². The van der Waals surface area contributed by atoms with Crippen LogP contribution in [0.2, 0.25) is 0 Å². The number of hydrogen-bond donors (Lipinski definition) is 2. The highest BCUT2D eigenvalue weighted by Crippen LogP contribution is 2.27. The molecule has 0 radical (unpaired) electrons. The molecular weight excluding hydrogens is 380 g/mol. The number of anilines is 2. The predicted molar refractivity (Wildman–Crippen MR) is 117 cm³/mol. The Kier molecular flexibility index (Phi) is 6.91. The first-order valence-corrected chi connectivity index (χ1v) is 9.87. The summed E-state index contributed by atoms with van der Waals surface area (Å²) in [6.45, 7) is 6.14. The maximum Gasteiger partial charge on any atom is 0.340 e. The number of hydrogen-bond acceptors (Lipinski definition) is 5. The normalized spacial score (nSPS) is 10.7. The first-order chi connectivity index (χ1) is 14.5. The summed E-state index contributed by atoms with van der Waals surface area (Å²) in [6, 6.07) is 16.5. The van der Waals surface area contributed by atoms with Gasteiger partial charge in [0.2, 0.25) is 0 Å². The molecule has 0 aliphatic heterocycles. The second kappa shape index (κ2) is 9.78. The van der Waals surface area contributed by atoms with Crippen molar-refractivity contribution in [2.45, 2.75) is 33.2 Å². The quantitative estimate of drug-likeness (QED) is 0.508. The molecule has 0 bridgehead atoms. The third-order valence-electron chi connectivity index (χ3n) is 4.71. The molecule has 3 aromatic rings. The van der Waals surface area contributed by atoms with Crippen LogP contribution in [0.4, 0.5) is 11.4 Å². The highest BCUT2D eigenvalue weighted by Gasteiger charge is 2.16. The topological polar surface area (TPSA) is 80.6 Å². The zero-order chi connectivity index (χ0) is 21.5. The van der Waals surface area contributed by atoms with Crippen molar-refractivity contribution in [1.29, 1.82) is 0 Å². The Balaban J connectivity index is 1.62. The van der Waals surface area contributed by atoms with Crippen molar-refractivity contribution in [3.8, 4) is 0 Å². The number of carbonyl (C=O) groups excluding carboxylic acids is 2. The summed E-state index contributed by atoms with van der Waals surface area (Å²) in [5.41, 5.74) is 3.75. The fraction of sp³-hybridized carbons (Fsp3) is 0.250. The summed E-state index contributed by atoms with van der Waals surface area (Å²) in [4.78, 5) is 25.0. The third kappa shape index (κ3) is 5.29. The lowest BCUT2D eigenvalue weighted by Gasteiger charge is -2.16. The van der Waals surface area contributed by atoms with Crippen LogP contribution in [0.25, 0.3) is 0 Å². The van der Waals surface area contributed by atoms with Crippen molar-refractivity contribution < 1.29 is 18.7 Å². The van der Waals surface area contributed by atoms with Gasteiger partial charge in [0.15, 0.2) is 6.61 Å². The van der Waals surface area contributed by atoms with E-state index in [1.165, 1.54) is 0 Å². The zero-order valence-corrected chi connectivity index (χ0v) is 17.4. The Morgan fingerprint density at radius 1 is 1.03 bits per heavy atom. The number of amides is 1. The number of aryl methyl sites for hydroxylation is 1. The molecular formula is C24H26N2O4. The van der Waals surface area contributed by atoms with Gasteiger partial charge in [0.05, 0.1) is 18.4 Å². The van der Waals surface area contributed by atoms with E-state index in [1.807, 2.05) is 37.3 Å². The van der Waals surface area contributed by atoms with Crippen LogP contribution in [0, 0.1) is 6.92 Å². The lowest BCUT2D eigenvalue weighted by Crippen LogP contribution is -2.22. The standard InChI is InChI=1S/C24H26N2O4/c1-16(2)19-11-6-8-17(3)23(19)26-22(27)15-30-24(28)20-10-4-5-12-21(20)25-14-18-9-7-13-29-18/h4-13,16,25H,14-15H2,1-3H3,(H,26,27). The van der Waals surface area contributed by atoms with Crippen LogP contribution in [0.15, 0.2) is 65.3 Å². The maximum absolute atomic E-state index is 12.6. The molecule has 1 heterocycles. The van der Waals surface area contributed by atoms with Crippen molar-refractivity contribution in [2.75, 3.05) is 17.2 Å². The molecule has 156 valence electrons. The third-order valence-corrected chi connectivity index (χ3v) is 4.71. The van der Waals surface area contributed by atoms with Gasteiger partial charge in [-0.05, 0) is 48.2 Å². The van der Waals surface area contributed by atoms with Crippen LogP contribution < -0.4 is 10.6 Å². The summed E-state index contributed by atoms with van der Waals surface area (Å²) in [7, 11) is 0. The van der Waals surface area contributed by atoms with Gasteiger partial charge in [-0.2, -0.15) is 0 Å². The summed E-state index contributed by atoms with van der Waals surface area (Å²) in [6.07, 6.45) is 1.59. The predicted octanol–water partition coefficient (Wildman–Crippen LogP) is 5.12. The van der Waals surface area contributed by atoms with E-state index in [4.69, 9.17) is 9.15 Å². The number of para-hydroxylation sites is 2. The number of esters is 1. The second-order valence-corrected chi connectivity index (χ2v) is 7.30. The Labute approximate surface area is 176 Å². The van der Waals surface area contributed by atoms with Gasteiger partial charge in [-0.25, -0.2) is 4.79 Å². The van der Waals surface area contributed by atoms with Crippen LogP contribution in [-0.2, 0) is 16.1 Å². The van der Waals surface area contributed by atoms with Crippen molar-refractivity contribution >= 4 is 23.3 Å². The smallest absolute Gasteiger partial charge is 0.340 e. The van der Waals surface area contributed by atoms with Gasteiger partial charge >= 0.3 is 5.97 Å². The van der Waals surface area contributed by atoms with E-state index in [-0.39, 0.29) is 18.4 Å². The van der Waals surface area contributed by atoms with Crippen LogP contribution in [0.1, 0.15) is 47.0 Å². The zero-order valence-electron chi connectivity index (χ0n) is 17.4.